The minimum Gasteiger partial charge on any atom is -0.497 e. The van der Waals surface area contributed by atoms with Crippen molar-refractivity contribution in [2.45, 2.75) is 20.1 Å². The Morgan fingerprint density at radius 2 is 2.11 bits per heavy atom. The van der Waals surface area contributed by atoms with E-state index in [0.717, 1.165) is 27.1 Å². The molecule has 0 bridgehead atoms. The fraction of sp³-hybridized carbons (Fsp3) is 0.308. The summed E-state index contributed by atoms with van der Waals surface area (Å²) < 4.78 is 10.8. The molecule has 0 aliphatic rings. The maximum absolute atomic E-state index is 9.07. The van der Waals surface area contributed by atoms with Crippen molar-refractivity contribution in [3.05, 3.63) is 39.8 Å². The van der Waals surface area contributed by atoms with Crippen LogP contribution in [0.1, 0.15) is 15.6 Å². The molecule has 0 aliphatic heterocycles. The fourth-order valence-electron chi connectivity index (χ4n) is 1.53. The summed E-state index contributed by atoms with van der Waals surface area (Å²) in [5, 5.41) is 9.93. The number of aryl methyl sites for hydroxylation is 1. The monoisotopic (exact) mass is 265 g/mol. The number of methoxy groups -OCH3 is 1. The Kier molecular flexibility index (Phi) is 4.17. The molecule has 1 aromatic carbocycles. The molecule has 96 valence electrons. The van der Waals surface area contributed by atoms with Gasteiger partial charge in [-0.2, -0.15) is 0 Å². The van der Waals surface area contributed by atoms with Gasteiger partial charge in [-0.1, -0.05) is 6.07 Å². The van der Waals surface area contributed by atoms with Crippen LogP contribution < -0.4 is 9.47 Å². The molecular weight excluding hydrogens is 250 g/mol. The normalized spacial score (nSPS) is 10.4. The second kappa shape index (κ2) is 5.84. The van der Waals surface area contributed by atoms with Gasteiger partial charge in [0.25, 0.3) is 0 Å². The Hall–Kier alpha value is -1.59. The van der Waals surface area contributed by atoms with E-state index >= 15 is 0 Å². The highest BCUT2D eigenvalue weighted by Gasteiger charge is 2.07. The lowest BCUT2D eigenvalue weighted by Gasteiger charge is -2.05. The van der Waals surface area contributed by atoms with Crippen LogP contribution in [-0.2, 0) is 13.2 Å². The molecule has 1 aromatic heterocycles. The zero-order valence-electron chi connectivity index (χ0n) is 10.3. The van der Waals surface area contributed by atoms with E-state index in [9.17, 15) is 0 Å². The second-order valence-electron chi connectivity index (χ2n) is 3.74. The molecule has 4 nitrogen and oxygen atoms in total. The number of nitrogens with zero attached hydrogens (tertiary/aromatic N) is 1. The zero-order valence-corrected chi connectivity index (χ0v) is 11.2. The van der Waals surface area contributed by atoms with Gasteiger partial charge in [-0.05, 0) is 19.1 Å². The van der Waals surface area contributed by atoms with Crippen LogP contribution in [0, 0.1) is 6.92 Å². The molecule has 0 unspecified atom stereocenters. The van der Waals surface area contributed by atoms with Crippen LogP contribution in [0.5, 0.6) is 11.5 Å². The lowest BCUT2D eigenvalue weighted by molar-refractivity contribution is 0.274. The molecule has 1 N–H and O–H groups in total. The Bertz CT molecular complexity index is 525. The average Bonchev–Trinajstić information content (AvgIpc) is 2.77. The maximum atomic E-state index is 9.07. The molecular formula is C13H15NO3S. The molecule has 0 aliphatic carbocycles. The summed E-state index contributed by atoms with van der Waals surface area (Å²) in [6, 6.07) is 7.44. The van der Waals surface area contributed by atoms with Gasteiger partial charge in [0, 0.05) is 10.9 Å². The van der Waals surface area contributed by atoms with E-state index in [0.29, 0.717) is 6.61 Å². The molecule has 5 heteroatoms. The number of benzene rings is 1. The van der Waals surface area contributed by atoms with Crippen molar-refractivity contribution in [3.8, 4) is 11.5 Å². The van der Waals surface area contributed by atoms with Crippen LogP contribution in [0.25, 0.3) is 0 Å². The first-order valence-corrected chi connectivity index (χ1v) is 6.37. The third-order valence-corrected chi connectivity index (χ3v) is 3.48. The second-order valence-corrected chi connectivity index (χ2v) is 5.02. The van der Waals surface area contributed by atoms with Crippen molar-refractivity contribution in [1.29, 1.82) is 0 Å². The topological polar surface area (TPSA) is 51.6 Å². The van der Waals surface area contributed by atoms with Gasteiger partial charge in [-0.3, -0.25) is 0 Å². The molecule has 0 amide bonds. The van der Waals surface area contributed by atoms with Crippen molar-refractivity contribution in [2.75, 3.05) is 7.11 Å². The summed E-state index contributed by atoms with van der Waals surface area (Å²) in [7, 11) is 1.62. The van der Waals surface area contributed by atoms with Crippen LogP contribution in [0.4, 0.5) is 0 Å². The Morgan fingerprint density at radius 1 is 1.33 bits per heavy atom. The molecule has 0 saturated carbocycles. The smallest absolute Gasteiger partial charge is 0.140 e. The van der Waals surface area contributed by atoms with E-state index in [-0.39, 0.29) is 6.61 Å². The number of aromatic nitrogens is 1. The summed E-state index contributed by atoms with van der Waals surface area (Å²) >= 11 is 1.54. The van der Waals surface area contributed by atoms with Crippen molar-refractivity contribution in [1.82, 2.24) is 4.98 Å². The summed E-state index contributed by atoms with van der Waals surface area (Å²) in [6.45, 7) is 2.32. The minimum atomic E-state index is -0.0263. The number of aliphatic hydroxyl groups is 1. The van der Waals surface area contributed by atoms with Crippen molar-refractivity contribution >= 4 is 11.3 Å². The highest BCUT2D eigenvalue weighted by Crippen LogP contribution is 2.22. The summed E-state index contributed by atoms with van der Waals surface area (Å²) in [4.78, 5) is 5.33. The van der Waals surface area contributed by atoms with Gasteiger partial charge in [0.15, 0.2) is 0 Å². The highest BCUT2D eigenvalue weighted by atomic mass is 32.1. The number of thiazole rings is 1. The minimum absolute atomic E-state index is 0.0263. The van der Waals surface area contributed by atoms with Crippen molar-refractivity contribution in [3.63, 3.8) is 0 Å². The Balaban J connectivity index is 2.01. The van der Waals surface area contributed by atoms with E-state index in [4.69, 9.17) is 14.6 Å². The predicted molar refractivity (Wildman–Crippen MR) is 70.1 cm³/mol. The average molecular weight is 265 g/mol. The van der Waals surface area contributed by atoms with Gasteiger partial charge < -0.3 is 14.6 Å². The molecule has 0 fully saturated rings. The summed E-state index contributed by atoms with van der Waals surface area (Å²) in [5.41, 5.74) is 0.726. The van der Waals surface area contributed by atoms with Crippen molar-refractivity contribution < 1.29 is 14.6 Å². The van der Waals surface area contributed by atoms with Gasteiger partial charge in [0.1, 0.15) is 23.1 Å². The molecule has 0 saturated heterocycles. The zero-order chi connectivity index (χ0) is 13.0. The fourth-order valence-corrected chi connectivity index (χ4v) is 2.39. The number of rotatable bonds is 5. The van der Waals surface area contributed by atoms with Crippen LogP contribution >= 0.6 is 11.3 Å². The predicted octanol–water partition coefficient (Wildman–Crippen LogP) is 2.53. The van der Waals surface area contributed by atoms with Crippen LogP contribution in [-0.4, -0.2) is 17.2 Å². The van der Waals surface area contributed by atoms with E-state index in [2.05, 4.69) is 4.98 Å². The van der Waals surface area contributed by atoms with Crippen molar-refractivity contribution in [2.24, 2.45) is 0 Å². The lowest BCUT2D eigenvalue weighted by atomic mass is 10.3. The molecule has 1 heterocycles. The number of ether oxygens (including phenoxy) is 2. The third kappa shape index (κ3) is 3.00. The Morgan fingerprint density at radius 3 is 2.78 bits per heavy atom. The van der Waals surface area contributed by atoms with Crippen LogP contribution in [0.3, 0.4) is 0 Å². The van der Waals surface area contributed by atoms with Crippen LogP contribution in [0.2, 0.25) is 0 Å². The van der Waals surface area contributed by atoms with Gasteiger partial charge in [0.2, 0.25) is 0 Å². The van der Waals surface area contributed by atoms with E-state index in [1.807, 2.05) is 31.2 Å². The van der Waals surface area contributed by atoms with Gasteiger partial charge in [-0.25, -0.2) is 4.98 Å². The standard InChI is InChI=1S/C13H15NO3S/c1-9-12(7-15)14-13(18-9)8-17-11-5-3-4-10(6-11)16-2/h3-6,15H,7-8H2,1-2H3. The first kappa shape index (κ1) is 12.9. The first-order chi connectivity index (χ1) is 8.72. The molecule has 0 atom stereocenters. The molecule has 0 spiro atoms. The first-order valence-electron chi connectivity index (χ1n) is 5.56. The summed E-state index contributed by atoms with van der Waals surface area (Å²) in [6.07, 6.45) is 0. The SMILES string of the molecule is COc1cccc(OCc2nc(CO)c(C)s2)c1. The van der Waals surface area contributed by atoms with Gasteiger partial charge >= 0.3 is 0 Å². The highest BCUT2D eigenvalue weighted by molar-refractivity contribution is 7.11. The summed E-state index contributed by atoms with van der Waals surface area (Å²) in [5.74, 6) is 1.51. The molecule has 18 heavy (non-hydrogen) atoms. The third-order valence-electron chi connectivity index (χ3n) is 2.49. The Labute approximate surface area is 110 Å². The van der Waals surface area contributed by atoms with Gasteiger partial charge in [-0.15, -0.1) is 11.3 Å². The molecule has 0 radical (unpaired) electrons. The number of hydrogen-bond donors (Lipinski definition) is 1. The molecule has 2 rings (SSSR count). The van der Waals surface area contributed by atoms with E-state index in [1.54, 1.807) is 18.4 Å². The number of aliphatic hydroxyl groups excluding tert-OH is 1. The van der Waals surface area contributed by atoms with Gasteiger partial charge in [0.05, 0.1) is 19.4 Å². The largest absolute Gasteiger partial charge is 0.497 e. The van der Waals surface area contributed by atoms with E-state index < -0.39 is 0 Å². The maximum Gasteiger partial charge on any atom is 0.140 e. The number of hydrogen-bond acceptors (Lipinski definition) is 5. The van der Waals surface area contributed by atoms with Crippen LogP contribution in [0.15, 0.2) is 24.3 Å². The lowest BCUT2D eigenvalue weighted by Crippen LogP contribution is -1.96. The van der Waals surface area contributed by atoms with E-state index in [1.165, 1.54) is 0 Å². The molecule has 2 aromatic rings. The quantitative estimate of drug-likeness (QED) is 0.902.